The Labute approximate surface area is 256 Å². The third-order valence-electron chi connectivity index (χ3n) is 3.77. The molecule has 24 heteroatoms. The fraction of sp³-hybridized carbons (Fsp3) is 0.500. The molecule has 3 rings (SSSR count). The number of aliphatic hydroxyl groups is 2. The van der Waals surface area contributed by atoms with Crippen molar-refractivity contribution in [2.45, 2.75) is 24.5 Å². The van der Waals surface area contributed by atoms with Crippen LogP contribution >= 0.6 is 23.5 Å². The Bertz CT molecular complexity index is 1120. The summed E-state index contributed by atoms with van der Waals surface area (Å²) in [6.45, 7) is -0.981. The minimum absolute atomic E-state index is 0. The Morgan fingerprint density at radius 2 is 1.56 bits per heavy atom. The number of ether oxygens (including phenoxy) is 1. The third-order valence-corrected chi connectivity index (χ3v) is 7.57. The standard InChI is InChI=1S/C10H15N4O14P3.3Na.3H/c15-6-4(1-25-30(21,22)28-31(23,24)27-29(18,19)20)26-10(7(6)16)14-3-13-5-8(14)11-2-12-9(5)17;;;;;;/h2-4,6-7,10,15-16H,1H2,(H,21,22)(H,23,24)(H,11,12,17)(H2,18,19,20);;;;;;/t4-,6-,7-,10-;;;;;;/m1....../s1. The molecule has 0 radical (unpaired) electrons. The van der Waals surface area contributed by atoms with Crippen molar-refractivity contribution in [1.82, 2.24) is 19.5 Å². The van der Waals surface area contributed by atoms with Crippen LogP contribution in [-0.2, 0) is 31.6 Å². The van der Waals surface area contributed by atoms with Gasteiger partial charge in [-0.25, -0.2) is 23.7 Å². The van der Waals surface area contributed by atoms with Crippen molar-refractivity contribution >= 4 is 123 Å². The zero-order valence-corrected chi connectivity index (χ0v) is 17.5. The summed E-state index contributed by atoms with van der Waals surface area (Å²) >= 11 is 0. The molecule has 6 atom stereocenters. The minimum atomic E-state index is -5.71. The number of nitrogens with zero attached hydrogens (tertiary/aromatic N) is 4. The summed E-state index contributed by atoms with van der Waals surface area (Å²) in [4.78, 5) is 46.8. The van der Waals surface area contributed by atoms with Crippen molar-refractivity contribution in [1.29, 1.82) is 0 Å². The Morgan fingerprint density at radius 3 is 2.15 bits per heavy atom. The fourth-order valence-corrected chi connectivity index (χ4v) is 5.62. The molecule has 7 N–H and O–H groups in total. The molecule has 34 heavy (non-hydrogen) atoms. The van der Waals surface area contributed by atoms with Crippen LogP contribution in [0.5, 0.6) is 5.88 Å². The summed E-state index contributed by atoms with van der Waals surface area (Å²) in [6, 6.07) is 0. The van der Waals surface area contributed by atoms with E-state index in [1.54, 1.807) is 0 Å². The molecule has 0 amide bonds. The van der Waals surface area contributed by atoms with Crippen LogP contribution in [-0.4, -0.2) is 168 Å². The van der Waals surface area contributed by atoms with Gasteiger partial charge in [-0.15, -0.1) is 0 Å². The summed E-state index contributed by atoms with van der Waals surface area (Å²) < 4.78 is 51.7. The van der Waals surface area contributed by atoms with E-state index in [0.717, 1.165) is 17.2 Å². The third kappa shape index (κ3) is 9.13. The number of fused-ring (bicyclic) bond motifs is 1. The van der Waals surface area contributed by atoms with Gasteiger partial charge in [-0.2, -0.15) is 13.6 Å². The number of aromatic nitrogens is 4. The molecule has 0 aromatic carbocycles. The van der Waals surface area contributed by atoms with E-state index in [-0.39, 0.29) is 99.8 Å². The van der Waals surface area contributed by atoms with Crippen molar-refractivity contribution in [3.05, 3.63) is 12.7 Å². The number of rotatable bonds is 8. The number of phosphoric acid groups is 3. The maximum atomic E-state index is 11.8. The monoisotopic (exact) mass is 580 g/mol. The zero-order chi connectivity index (χ0) is 23.2. The van der Waals surface area contributed by atoms with Gasteiger partial charge in [0.1, 0.15) is 24.6 Å². The van der Waals surface area contributed by atoms with Gasteiger partial charge in [0.05, 0.1) is 12.9 Å². The molecule has 2 aromatic heterocycles. The Balaban J connectivity index is 0.00000363. The van der Waals surface area contributed by atoms with Gasteiger partial charge >= 0.3 is 112 Å². The van der Waals surface area contributed by atoms with Crippen molar-refractivity contribution in [2.24, 2.45) is 0 Å². The van der Waals surface area contributed by atoms with E-state index in [0.29, 0.717) is 0 Å². The van der Waals surface area contributed by atoms with Crippen LogP contribution in [0.3, 0.4) is 0 Å². The number of hydrogen-bond acceptors (Lipinski definition) is 13. The molecule has 1 aliphatic rings. The summed E-state index contributed by atoms with van der Waals surface area (Å²) in [6.07, 6.45) is -4.05. The first-order valence-corrected chi connectivity index (χ1v) is 12.4. The average molecular weight is 580 g/mol. The van der Waals surface area contributed by atoms with Gasteiger partial charge in [0.15, 0.2) is 17.4 Å². The van der Waals surface area contributed by atoms with Gasteiger partial charge in [-0.1, -0.05) is 0 Å². The molecule has 1 fully saturated rings. The van der Waals surface area contributed by atoms with Crippen molar-refractivity contribution in [3.8, 4) is 5.88 Å². The Hall–Kier alpha value is 1.64. The SMILES string of the molecule is O=P(O)(O)OP(=O)(O)OP(=O)(O)OC[C@H]1O[C@@H](n2cnc3c(O)ncnc32)[C@H](O)[C@@H]1O.[NaH].[NaH].[NaH]. The van der Waals surface area contributed by atoms with Gasteiger partial charge in [0.25, 0.3) is 0 Å². The quantitative estimate of drug-likeness (QED) is 0.118. The number of hydrogen-bond donors (Lipinski definition) is 7. The van der Waals surface area contributed by atoms with Crippen molar-refractivity contribution < 1.29 is 66.5 Å². The number of imidazole rings is 1. The molecule has 0 spiro atoms. The van der Waals surface area contributed by atoms with Crippen LogP contribution in [0.4, 0.5) is 0 Å². The molecule has 180 valence electrons. The van der Waals surface area contributed by atoms with Gasteiger partial charge < -0.3 is 39.6 Å². The number of aliphatic hydroxyl groups excluding tert-OH is 2. The van der Waals surface area contributed by atoms with E-state index >= 15 is 0 Å². The van der Waals surface area contributed by atoms with Crippen LogP contribution in [0, 0.1) is 0 Å². The van der Waals surface area contributed by atoms with Crippen molar-refractivity contribution in [2.75, 3.05) is 6.61 Å². The Morgan fingerprint density at radius 1 is 0.941 bits per heavy atom. The van der Waals surface area contributed by atoms with Crippen LogP contribution in [0.15, 0.2) is 12.7 Å². The second kappa shape index (κ2) is 13.6. The van der Waals surface area contributed by atoms with E-state index < -0.39 is 60.5 Å². The average Bonchev–Trinajstić information content (AvgIpc) is 3.13. The first-order chi connectivity index (χ1) is 14.2. The molecule has 0 bridgehead atoms. The predicted octanol–water partition coefficient (Wildman–Crippen LogP) is -3.45. The van der Waals surface area contributed by atoms with Gasteiger partial charge in [0, 0.05) is 0 Å². The first kappa shape index (κ1) is 35.6. The van der Waals surface area contributed by atoms with Crippen LogP contribution in [0.2, 0.25) is 0 Å². The van der Waals surface area contributed by atoms with Crippen LogP contribution in [0.25, 0.3) is 11.2 Å². The molecule has 0 saturated carbocycles. The summed E-state index contributed by atoms with van der Waals surface area (Å²) in [5.74, 6) is -0.457. The number of aromatic hydroxyl groups is 1. The second-order valence-electron chi connectivity index (χ2n) is 5.95. The zero-order valence-electron chi connectivity index (χ0n) is 14.8. The summed E-state index contributed by atoms with van der Waals surface area (Å²) in [7, 11) is -16.7. The molecule has 18 nitrogen and oxygen atoms in total. The van der Waals surface area contributed by atoms with E-state index in [9.17, 15) is 33.9 Å². The first-order valence-electron chi connectivity index (χ1n) is 7.85. The van der Waals surface area contributed by atoms with Gasteiger partial charge in [-0.3, -0.25) is 9.09 Å². The second-order valence-corrected chi connectivity index (χ2v) is 10.4. The molecule has 1 saturated heterocycles. The molecule has 2 unspecified atom stereocenters. The molecule has 0 aliphatic carbocycles. The molecular formula is C10H18N4Na3O14P3. The van der Waals surface area contributed by atoms with E-state index in [2.05, 4.69) is 28.1 Å². The van der Waals surface area contributed by atoms with Gasteiger partial charge in [-0.05, 0) is 0 Å². The molecule has 2 aromatic rings. The normalized spacial score (nSPS) is 25.9. The topological polar surface area (TPSA) is 273 Å². The predicted molar refractivity (Wildman–Crippen MR) is 114 cm³/mol. The Kier molecular flexibility index (Phi) is 14.3. The van der Waals surface area contributed by atoms with E-state index in [4.69, 9.17) is 19.4 Å². The molecule has 1 aliphatic heterocycles. The summed E-state index contributed by atoms with van der Waals surface area (Å²) in [5.41, 5.74) is -0.0122. The summed E-state index contributed by atoms with van der Waals surface area (Å²) in [5, 5.41) is 30.0. The number of phosphoric ester groups is 1. The van der Waals surface area contributed by atoms with E-state index in [1.807, 2.05) is 0 Å². The van der Waals surface area contributed by atoms with Crippen LogP contribution < -0.4 is 0 Å². The molecule has 3 heterocycles. The molecular weight excluding hydrogens is 562 g/mol. The van der Waals surface area contributed by atoms with E-state index in [1.165, 1.54) is 0 Å². The van der Waals surface area contributed by atoms with Crippen LogP contribution in [0.1, 0.15) is 6.23 Å². The van der Waals surface area contributed by atoms with Crippen molar-refractivity contribution in [3.63, 3.8) is 0 Å². The van der Waals surface area contributed by atoms with Gasteiger partial charge in [0.2, 0.25) is 5.88 Å². The fourth-order valence-electron chi connectivity index (χ4n) is 2.59. The maximum absolute atomic E-state index is 11.8.